The van der Waals surface area contributed by atoms with Crippen LogP contribution in [0.25, 0.3) is 0 Å². The van der Waals surface area contributed by atoms with E-state index in [1.54, 1.807) is 7.11 Å². The van der Waals surface area contributed by atoms with Crippen molar-refractivity contribution in [1.82, 2.24) is 5.32 Å². The summed E-state index contributed by atoms with van der Waals surface area (Å²) in [6, 6.07) is 0. The van der Waals surface area contributed by atoms with Crippen molar-refractivity contribution in [2.75, 3.05) is 26.8 Å². The minimum atomic E-state index is 0.840. The van der Waals surface area contributed by atoms with E-state index in [2.05, 4.69) is 19.2 Å². The van der Waals surface area contributed by atoms with E-state index in [1.807, 2.05) is 0 Å². The molecule has 0 amide bonds. The first-order valence-corrected chi connectivity index (χ1v) is 6.49. The Bertz CT molecular complexity index is 161. The first-order chi connectivity index (χ1) is 7.29. The molecule has 1 fully saturated rings. The van der Waals surface area contributed by atoms with Crippen molar-refractivity contribution >= 4 is 0 Å². The normalized spacial score (nSPS) is 27.4. The number of rotatable bonds is 8. The van der Waals surface area contributed by atoms with Crippen molar-refractivity contribution in [3.8, 4) is 0 Å². The lowest BCUT2D eigenvalue weighted by atomic mass is 9.67. The van der Waals surface area contributed by atoms with Crippen LogP contribution in [0.5, 0.6) is 0 Å². The number of ether oxygens (including phenoxy) is 1. The van der Waals surface area contributed by atoms with Crippen LogP contribution in [0.4, 0.5) is 0 Å². The fraction of sp³-hybridized carbons (Fsp3) is 1.00. The van der Waals surface area contributed by atoms with Gasteiger partial charge >= 0.3 is 0 Å². The topological polar surface area (TPSA) is 21.3 Å². The van der Waals surface area contributed by atoms with E-state index in [4.69, 9.17) is 4.74 Å². The molecule has 90 valence electrons. The molecule has 2 heteroatoms. The maximum absolute atomic E-state index is 5.15. The second-order valence-electron chi connectivity index (χ2n) is 4.96. The summed E-state index contributed by atoms with van der Waals surface area (Å²) >= 11 is 0. The third-order valence-electron chi connectivity index (χ3n) is 3.82. The minimum Gasteiger partial charge on any atom is -0.385 e. The lowest BCUT2D eigenvalue weighted by Gasteiger charge is -2.41. The van der Waals surface area contributed by atoms with Crippen molar-refractivity contribution in [3.05, 3.63) is 0 Å². The zero-order chi connectivity index (χ0) is 11.1. The van der Waals surface area contributed by atoms with Crippen LogP contribution >= 0.6 is 0 Å². The molecule has 0 saturated heterocycles. The Morgan fingerprint density at radius 1 is 1.40 bits per heavy atom. The monoisotopic (exact) mass is 213 g/mol. The van der Waals surface area contributed by atoms with Gasteiger partial charge in [0.05, 0.1) is 0 Å². The summed E-state index contributed by atoms with van der Waals surface area (Å²) in [5.74, 6) is 2.72. The molecule has 0 aromatic rings. The minimum absolute atomic E-state index is 0.840. The van der Waals surface area contributed by atoms with Gasteiger partial charge in [0.15, 0.2) is 0 Å². The molecule has 0 aliphatic heterocycles. The Morgan fingerprint density at radius 3 is 2.73 bits per heavy atom. The summed E-state index contributed by atoms with van der Waals surface area (Å²) in [5, 5.41) is 3.55. The van der Waals surface area contributed by atoms with Gasteiger partial charge in [-0.05, 0) is 56.5 Å². The summed E-state index contributed by atoms with van der Waals surface area (Å²) in [7, 11) is 1.80. The van der Waals surface area contributed by atoms with Gasteiger partial charge < -0.3 is 10.1 Å². The molecule has 3 atom stereocenters. The average molecular weight is 213 g/mol. The third kappa shape index (κ3) is 4.12. The van der Waals surface area contributed by atoms with E-state index in [1.165, 1.54) is 38.8 Å². The Balaban J connectivity index is 2.13. The second kappa shape index (κ2) is 7.24. The zero-order valence-electron chi connectivity index (χ0n) is 10.6. The molecular weight excluding hydrogens is 186 g/mol. The molecule has 1 N–H and O–H groups in total. The van der Waals surface area contributed by atoms with Gasteiger partial charge in [-0.3, -0.25) is 0 Å². The maximum atomic E-state index is 5.15. The van der Waals surface area contributed by atoms with Crippen LogP contribution in [-0.2, 0) is 4.74 Å². The van der Waals surface area contributed by atoms with Crippen LogP contribution < -0.4 is 5.32 Å². The highest BCUT2D eigenvalue weighted by Gasteiger charge is 2.33. The van der Waals surface area contributed by atoms with Gasteiger partial charge in [0.25, 0.3) is 0 Å². The van der Waals surface area contributed by atoms with Crippen LogP contribution in [0.1, 0.15) is 39.5 Å². The molecule has 0 spiro atoms. The number of nitrogens with one attached hydrogen (secondary N) is 1. The molecule has 0 aromatic carbocycles. The number of methoxy groups -OCH3 is 1. The summed E-state index contributed by atoms with van der Waals surface area (Å²) in [6.07, 6.45) is 5.34. The second-order valence-corrected chi connectivity index (χ2v) is 4.96. The Kier molecular flexibility index (Phi) is 6.26. The summed E-state index contributed by atoms with van der Waals surface area (Å²) in [5.41, 5.74) is 0. The molecule has 1 aliphatic carbocycles. The van der Waals surface area contributed by atoms with Crippen LogP contribution in [0, 0.1) is 17.8 Å². The molecule has 0 heterocycles. The SMILES string of the molecule is CCCNCC1CCC1C(C)CCOC. The molecule has 3 unspecified atom stereocenters. The first-order valence-electron chi connectivity index (χ1n) is 6.49. The van der Waals surface area contributed by atoms with Crippen molar-refractivity contribution in [2.45, 2.75) is 39.5 Å². The van der Waals surface area contributed by atoms with Crippen LogP contribution in [-0.4, -0.2) is 26.8 Å². The molecule has 0 aromatic heterocycles. The van der Waals surface area contributed by atoms with E-state index in [0.717, 1.165) is 24.4 Å². The standard InChI is InChI=1S/C13H27NO/c1-4-8-14-10-12-5-6-13(12)11(2)7-9-15-3/h11-14H,4-10H2,1-3H3. The fourth-order valence-corrected chi connectivity index (χ4v) is 2.58. The number of hydrogen-bond acceptors (Lipinski definition) is 2. The van der Waals surface area contributed by atoms with Crippen LogP contribution in [0.3, 0.4) is 0 Å². The molecule has 1 saturated carbocycles. The average Bonchev–Trinajstić information content (AvgIpc) is 2.19. The third-order valence-corrected chi connectivity index (χ3v) is 3.82. The van der Waals surface area contributed by atoms with Gasteiger partial charge in [-0.15, -0.1) is 0 Å². The highest BCUT2D eigenvalue weighted by Crippen LogP contribution is 2.40. The van der Waals surface area contributed by atoms with E-state index < -0.39 is 0 Å². The van der Waals surface area contributed by atoms with Crippen molar-refractivity contribution in [3.63, 3.8) is 0 Å². The maximum Gasteiger partial charge on any atom is 0.0464 e. The first kappa shape index (κ1) is 13.0. The molecule has 2 nitrogen and oxygen atoms in total. The largest absolute Gasteiger partial charge is 0.385 e. The van der Waals surface area contributed by atoms with Gasteiger partial charge in [-0.1, -0.05) is 13.8 Å². The molecule has 1 aliphatic rings. The lowest BCUT2D eigenvalue weighted by molar-refractivity contribution is 0.0836. The van der Waals surface area contributed by atoms with E-state index >= 15 is 0 Å². The Hall–Kier alpha value is -0.0800. The van der Waals surface area contributed by atoms with Gasteiger partial charge in [0, 0.05) is 13.7 Å². The van der Waals surface area contributed by atoms with E-state index in [-0.39, 0.29) is 0 Å². The lowest BCUT2D eigenvalue weighted by Crippen LogP contribution is -2.39. The molecule has 1 rings (SSSR count). The van der Waals surface area contributed by atoms with Gasteiger partial charge in [-0.25, -0.2) is 0 Å². The number of hydrogen-bond donors (Lipinski definition) is 1. The van der Waals surface area contributed by atoms with Crippen LogP contribution in [0.2, 0.25) is 0 Å². The predicted octanol–water partition coefficient (Wildman–Crippen LogP) is 2.68. The molecule has 0 radical (unpaired) electrons. The Labute approximate surface area is 94.8 Å². The van der Waals surface area contributed by atoms with E-state index in [0.29, 0.717) is 0 Å². The predicted molar refractivity (Wildman–Crippen MR) is 65.0 cm³/mol. The van der Waals surface area contributed by atoms with E-state index in [9.17, 15) is 0 Å². The summed E-state index contributed by atoms with van der Waals surface area (Å²) in [4.78, 5) is 0. The quantitative estimate of drug-likeness (QED) is 0.626. The highest BCUT2D eigenvalue weighted by atomic mass is 16.5. The van der Waals surface area contributed by atoms with Crippen molar-refractivity contribution in [2.24, 2.45) is 17.8 Å². The smallest absolute Gasteiger partial charge is 0.0464 e. The van der Waals surface area contributed by atoms with Crippen molar-refractivity contribution < 1.29 is 4.74 Å². The van der Waals surface area contributed by atoms with Gasteiger partial charge in [-0.2, -0.15) is 0 Å². The summed E-state index contributed by atoms with van der Waals surface area (Å²) in [6.45, 7) is 7.94. The van der Waals surface area contributed by atoms with Gasteiger partial charge in [0.1, 0.15) is 0 Å². The fourth-order valence-electron chi connectivity index (χ4n) is 2.58. The summed E-state index contributed by atoms with van der Waals surface area (Å²) < 4.78 is 5.15. The van der Waals surface area contributed by atoms with Crippen molar-refractivity contribution in [1.29, 1.82) is 0 Å². The molecule has 0 bridgehead atoms. The zero-order valence-corrected chi connectivity index (χ0v) is 10.6. The van der Waals surface area contributed by atoms with Gasteiger partial charge in [0.2, 0.25) is 0 Å². The molecule has 15 heavy (non-hydrogen) atoms. The molecular formula is C13H27NO. The highest BCUT2D eigenvalue weighted by molar-refractivity contribution is 4.85. The van der Waals surface area contributed by atoms with Crippen LogP contribution in [0.15, 0.2) is 0 Å². The Morgan fingerprint density at radius 2 is 2.20 bits per heavy atom.